The van der Waals surface area contributed by atoms with E-state index in [-0.39, 0.29) is 28.2 Å². The van der Waals surface area contributed by atoms with Gasteiger partial charge in [0, 0.05) is 52.2 Å². The number of halogens is 1. The molecule has 0 bridgehead atoms. The van der Waals surface area contributed by atoms with Crippen LogP contribution in [-0.4, -0.2) is 70.9 Å². The van der Waals surface area contributed by atoms with Crippen LogP contribution in [0, 0.1) is 0 Å². The van der Waals surface area contributed by atoms with Gasteiger partial charge in [-0.25, -0.2) is 14.4 Å². The first-order chi connectivity index (χ1) is 21.5. The van der Waals surface area contributed by atoms with Crippen LogP contribution in [0.5, 0.6) is 0 Å². The molecule has 3 heterocycles. The summed E-state index contributed by atoms with van der Waals surface area (Å²) in [5.74, 6) is -1.28. The monoisotopic (exact) mass is 678 g/mol. The number of nitrogens with one attached hydrogen (secondary N) is 1. The zero-order valence-corrected chi connectivity index (χ0v) is 25.9. The van der Waals surface area contributed by atoms with Crippen molar-refractivity contribution in [1.29, 1.82) is 0 Å². The van der Waals surface area contributed by atoms with Gasteiger partial charge in [-0.2, -0.15) is 0 Å². The average molecular weight is 679 g/mol. The molecule has 15 heteroatoms. The second kappa shape index (κ2) is 16.1. The van der Waals surface area contributed by atoms with Crippen LogP contribution in [0.4, 0.5) is 5.69 Å². The highest BCUT2D eigenvalue weighted by Gasteiger charge is 2.16. The van der Waals surface area contributed by atoms with Crippen LogP contribution < -0.4 is 16.8 Å². The van der Waals surface area contributed by atoms with Crippen molar-refractivity contribution in [2.24, 2.45) is 0 Å². The second-order valence-corrected chi connectivity index (χ2v) is 9.77. The first-order valence-corrected chi connectivity index (χ1v) is 13.9. The third-order valence-electron chi connectivity index (χ3n) is 6.10. The lowest BCUT2D eigenvalue weighted by atomic mass is 9.78. The first-order valence-electron chi connectivity index (χ1n) is 13.1. The minimum atomic E-state index is -1.64. The van der Waals surface area contributed by atoms with Crippen LogP contribution in [0.15, 0.2) is 82.6 Å². The molecule has 5 aromatic rings. The number of rotatable bonds is 5. The Kier molecular flexibility index (Phi) is 12.3. The first kappa shape index (κ1) is 34.4. The average Bonchev–Trinajstić information content (AvgIpc) is 3.04. The molecule has 5 N–H and O–H groups in total. The molecule has 0 unspecified atom stereocenters. The van der Waals surface area contributed by atoms with Gasteiger partial charge >= 0.3 is 25.0 Å². The Bertz CT molecular complexity index is 1900. The van der Waals surface area contributed by atoms with E-state index in [9.17, 15) is 19.2 Å². The SMILES string of the molecule is CCOC(=O)c1ccncc1Br.COC(=O)c1ccc(B(O)O)c(N)c1.COC(=O)c1ccc2c(c1)[nH]c(=O)c1ccncc12. The van der Waals surface area contributed by atoms with E-state index in [0.717, 1.165) is 10.8 Å². The van der Waals surface area contributed by atoms with Gasteiger partial charge < -0.3 is 35.0 Å². The lowest BCUT2D eigenvalue weighted by Gasteiger charge is -2.05. The van der Waals surface area contributed by atoms with Crippen LogP contribution in [0.2, 0.25) is 0 Å². The number of anilines is 1. The van der Waals surface area contributed by atoms with Gasteiger partial charge in [-0.3, -0.25) is 14.8 Å². The van der Waals surface area contributed by atoms with Crippen LogP contribution >= 0.6 is 15.9 Å². The minimum Gasteiger partial charge on any atom is -0.465 e. The Labute approximate surface area is 265 Å². The number of nitrogens with two attached hydrogens (primary N) is 1. The Balaban J connectivity index is 0.000000191. The summed E-state index contributed by atoms with van der Waals surface area (Å²) in [5, 5.41) is 19.9. The normalized spacial score (nSPS) is 10.1. The van der Waals surface area contributed by atoms with Gasteiger partial charge in [0.2, 0.25) is 0 Å². The number of pyridine rings is 3. The lowest BCUT2D eigenvalue weighted by molar-refractivity contribution is 0.0523. The molecule has 45 heavy (non-hydrogen) atoms. The van der Waals surface area contributed by atoms with Gasteiger partial charge in [-0.15, -0.1) is 0 Å². The molecule has 0 saturated heterocycles. The maximum atomic E-state index is 11.9. The lowest BCUT2D eigenvalue weighted by Crippen LogP contribution is -2.32. The van der Waals surface area contributed by atoms with Crippen molar-refractivity contribution >= 4 is 73.8 Å². The summed E-state index contributed by atoms with van der Waals surface area (Å²) in [6.45, 7) is 2.15. The Hall–Kier alpha value is -5.12. The standard InChI is InChI=1S/C14H10N2O3.C8H10BNO4.C8H8BrNO2/c1-19-14(18)8-2-3-9-11-7-15-5-4-10(11)13(17)16-12(9)6-8;1-14-8(11)5-2-3-6(9(12)13)7(10)4-5;1-2-12-8(11)6-3-4-10-5-7(6)9/h2-7H,1H3,(H,16,17);2-4,12-13H,10H2,1H3;3-5H,2H2,1H3. The number of aromatic amines is 1. The highest BCUT2D eigenvalue weighted by atomic mass is 79.9. The zero-order valence-electron chi connectivity index (χ0n) is 24.3. The number of nitrogens with zero attached hydrogens (tertiary/aromatic N) is 2. The Morgan fingerprint density at radius 3 is 2.09 bits per heavy atom. The van der Waals surface area contributed by atoms with Crippen molar-refractivity contribution in [2.75, 3.05) is 26.6 Å². The van der Waals surface area contributed by atoms with Gasteiger partial charge in [0.15, 0.2) is 0 Å². The maximum absolute atomic E-state index is 11.9. The number of carbonyl (C=O) groups is 3. The van der Waals surface area contributed by atoms with Gasteiger partial charge in [-0.1, -0.05) is 12.1 Å². The van der Waals surface area contributed by atoms with Gasteiger partial charge in [0.1, 0.15) is 0 Å². The van der Waals surface area contributed by atoms with Gasteiger partial charge in [-0.05, 0) is 59.3 Å². The molecular weight excluding hydrogens is 651 g/mol. The number of H-pyrrole nitrogens is 1. The van der Waals surface area contributed by atoms with Crippen LogP contribution in [-0.2, 0) is 14.2 Å². The fourth-order valence-corrected chi connectivity index (χ4v) is 4.34. The summed E-state index contributed by atoms with van der Waals surface area (Å²) in [5.41, 5.74) is 7.36. The molecular formula is C30H28BBrN4O9. The Morgan fingerprint density at radius 2 is 1.49 bits per heavy atom. The molecule has 0 radical (unpaired) electrons. The molecule has 0 spiro atoms. The van der Waals surface area contributed by atoms with E-state index in [1.807, 2.05) is 0 Å². The molecule has 5 rings (SSSR count). The number of ether oxygens (including phenoxy) is 3. The zero-order chi connectivity index (χ0) is 33.1. The van der Waals surface area contributed by atoms with Gasteiger partial charge in [0.05, 0.1) is 47.4 Å². The van der Waals surface area contributed by atoms with Crippen molar-refractivity contribution in [3.63, 3.8) is 0 Å². The van der Waals surface area contributed by atoms with E-state index in [2.05, 4.69) is 40.4 Å². The number of nitrogen functional groups attached to an aromatic ring is 1. The second-order valence-electron chi connectivity index (χ2n) is 8.91. The summed E-state index contributed by atoms with van der Waals surface area (Å²) in [4.78, 5) is 56.3. The molecule has 0 aliphatic heterocycles. The quantitative estimate of drug-likeness (QED) is 0.0696. The number of fused-ring (bicyclic) bond motifs is 3. The molecule has 13 nitrogen and oxygen atoms in total. The third-order valence-corrected chi connectivity index (χ3v) is 6.73. The number of hydrogen-bond acceptors (Lipinski definition) is 12. The molecule has 0 atom stereocenters. The summed E-state index contributed by atoms with van der Waals surface area (Å²) < 4.78 is 14.6. The number of esters is 3. The van der Waals surface area contributed by atoms with Crippen molar-refractivity contribution in [2.45, 2.75) is 6.92 Å². The highest BCUT2D eigenvalue weighted by Crippen LogP contribution is 2.21. The number of hydrogen-bond donors (Lipinski definition) is 4. The molecule has 0 aliphatic rings. The van der Waals surface area contributed by atoms with Gasteiger partial charge in [0.25, 0.3) is 5.56 Å². The van der Waals surface area contributed by atoms with Crippen LogP contribution in [0.3, 0.4) is 0 Å². The molecule has 0 amide bonds. The van der Waals surface area contributed by atoms with Crippen molar-refractivity contribution in [3.05, 3.63) is 105 Å². The molecule has 232 valence electrons. The highest BCUT2D eigenvalue weighted by molar-refractivity contribution is 9.10. The predicted molar refractivity (Wildman–Crippen MR) is 171 cm³/mol. The van der Waals surface area contributed by atoms with Crippen molar-refractivity contribution in [1.82, 2.24) is 15.0 Å². The summed E-state index contributed by atoms with van der Waals surface area (Å²) in [7, 11) is 0.939. The number of aromatic nitrogens is 3. The third kappa shape index (κ3) is 8.72. The summed E-state index contributed by atoms with van der Waals surface area (Å²) in [6.07, 6.45) is 6.33. The molecule has 3 aromatic heterocycles. The van der Waals surface area contributed by atoms with E-state index in [0.29, 0.717) is 33.1 Å². The maximum Gasteiger partial charge on any atom is 0.490 e. The smallest absolute Gasteiger partial charge is 0.465 e. The van der Waals surface area contributed by atoms with E-state index >= 15 is 0 Å². The fourth-order valence-electron chi connectivity index (χ4n) is 3.93. The van der Waals surface area contributed by atoms with Crippen molar-refractivity contribution in [3.8, 4) is 0 Å². The molecule has 0 saturated carbocycles. The molecule has 0 fully saturated rings. The number of methoxy groups -OCH3 is 2. The minimum absolute atomic E-state index is 0.142. The predicted octanol–water partition coefficient (Wildman–Crippen LogP) is 2.62. The van der Waals surface area contributed by atoms with Crippen LogP contribution in [0.1, 0.15) is 38.0 Å². The molecule has 2 aromatic carbocycles. The van der Waals surface area contributed by atoms with Crippen molar-refractivity contribution < 1.29 is 38.6 Å². The number of carbonyl (C=O) groups excluding carboxylic acids is 3. The summed E-state index contributed by atoms with van der Waals surface area (Å²) >= 11 is 3.20. The van der Waals surface area contributed by atoms with E-state index in [4.69, 9.17) is 20.5 Å². The van der Waals surface area contributed by atoms with E-state index in [1.54, 1.807) is 62.0 Å². The van der Waals surface area contributed by atoms with E-state index < -0.39 is 19.1 Å². The molecule has 0 aliphatic carbocycles. The van der Waals surface area contributed by atoms with E-state index in [1.165, 1.54) is 32.4 Å². The number of benzene rings is 2. The fraction of sp³-hybridized carbons (Fsp3) is 0.133. The Morgan fingerprint density at radius 1 is 0.867 bits per heavy atom. The topological polar surface area (TPSA) is 204 Å². The summed E-state index contributed by atoms with van der Waals surface area (Å²) in [6, 6.07) is 12.4. The van der Waals surface area contributed by atoms with Crippen LogP contribution in [0.25, 0.3) is 21.7 Å². The largest absolute Gasteiger partial charge is 0.490 e.